The summed E-state index contributed by atoms with van der Waals surface area (Å²) in [4.78, 5) is 10.3. The van der Waals surface area contributed by atoms with E-state index in [1.807, 2.05) is 30.0 Å². The minimum atomic E-state index is -0.198. The predicted octanol–water partition coefficient (Wildman–Crippen LogP) is 5.13. The summed E-state index contributed by atoms with van der Waals surface area (Å²) in [5.74, 6) is -0.302. The van der Waals surface area contributed by atoms with Gasteiger partial charge in [-0.15, -0.1) is 11.8 Å². The van der Waals surface area contributed by atoms with Gasteiger partial charge in [0.15, 0.2) is 0 Å². The third-order valence-electron chi connectivity index (χ3n) is 4.86. The van der Waals surface area contributed by atoms with Gasteiger partial charge in [-0.05, 0) is 62.2 Å². The van der Waals surface area contributed by atoms with E-state index in [0.717, 1.165) is 17.5 Å². The van der Waals surface area contributed by atoms with E-state index < -0.39 is 0 Å². The molecule has 0 atom stereocenters. The van der Waals surface area contributed by atoms with Crippen LogP contribution < -0.4 is 5.73 Å². The lowest BCUT2D eigenvalue weighted by atomic mass is 10.1. The Morgan fingerprint density at radius 1 is 1.06 bits per heavy atom. The van der Waals surface area contributed by atoms with Crippen LogP contribution in [0.25, 0.3) is 11.3 Å². The molecule has 0 aliphatic heterocycles. The lowest BCUT2D eigenvalue weighted by Gasteiger charge is -2.12. The van der Waals surface area contributed by atoms with Gasteiger partial charge in [-0.2, -0.15) is 0 Å². The molecule has 0 saturated carbocycles. The average molecular weight is 448 g/mol. The molecular weight excluding hydrogens is 418 g/mol. The van der Waals surface area contributed by atoms with E-state index in [0.29, 0.717) is 34.4 Å². The summed E-state index contributed by atoms with van der Waals surface area (Å²) in [6, 6.07) is 13.6. The largest absolute Gasteiger partial charge is 0.419 e. The zero-order valence-electron chi connectivity index (χ0n) is 18.9. The van der Waals surface area contributed by atoms with Gasteiger partial charge in [-0.25, -0.2) is 4.98 Å². The van der Waals surface area contributed by atoms with Crippen LogP contribution in [0.4, 0.5) is 0 Å². The second-order valence-corrected chi connectivity index (χ2v) is 9.45. The number of nitrogens with zero attached hydrogens (tertiary/aromatic N) is 2. The zero-order valence-corrected chi connectivity index (χ0v) is 19.7. The molecule has 0 unspecified atom stereocenters. The minimum absolute atomic E-state index is 0.105. The molecule has 32 heavy (non-hydrogen) atoms. The molecule has 0 radical (unpaired) electrons. The van der Waals surface area contributed by atoms with Crippen molar-refractivity contribution in [1.29, 1.82) is 10.8 Å². The summed E-state index contributed by atoms with van der Waals surface area (Å²) >= 11 is 1.83. The van der Waals surface area contributed by atoms with E-state index >= 15 is 0 Å². The Kier molecular flexibility index (Phi) is 7.77. The van der Waals surface area contributed by atoms with Crippen molar-refractivity contribution >= 4 is 23.6 Å². The highest BCUT2D eigenvalue weighted by molar-refractivity contribution is 8.00. The summed E-state index contributed by atoms with van der Waals surface area (Å²) in [5, 5.41) is 17.1. The van der Waals surface area contributed by atoms with Crippen molar-refractivity contribution in [2.24, 2.45) is 5.73 Å². The molecule has 3 aromatic rings. The Balaban J connectivity index is 1.80. The molecule has 0 amide bonds. The monoisotopic (exact) mass is 447 g/mol. The van der Waals surface area contributed by atoms with Gasteiger partial charge >= 0.3 is 0 Å². The fourth-order valence-corrected chi connectivity index (χ4v) is 4.10. The molecule has 0 bridgehead atoms. The molecule has 166 valence electrons. The molecule has 0 aliphatic rings. The van der Waals surface area contributed by atoms with Crippen LogP contribution in [0.2, 0.25) is 0 Å². The number of hydrogen-bond donors (Lipinski definition) is 3. The summed E-state index contributed by atoms with van der Waals surface area (Å²) in [5.41, 5.74) is 10.9. The summed E-state index contributed by atoms with van der Waals surface area (Å²) < 4.78 is 5.52. The topological polar surface area (TPSA) is 109 Å². The maximum Gasteiger partial charge on any atom is 0.241 e. The number of nitrogens with one attached hydrogen (secondary N) is 2. The summed E-state index contributed by atoms with van der Waals surface area (Å²) in [7, 11) is 0. The van der Waals surface area contributed by atoms with Crippen LogP contribution in [0.1, 0.15) is 41.9 Å². The molecule has 1 heterocycles. The number of ether oxygens (including phenoxy) is 1. The molecule has 0 saturated heterocycles. The van der Waals surface area contributed by atoms with Crippen molar-refractivity contribution in [3.63, 3.8) is 0 Å². The number of nitrogens with two attached hydrogens (primary N) is 1. The molecular formula is C25H29N5OS. The van der Waals surface area contributed by atoms with Crippen LogP contribution in [0.15, 0.2) is 53.6 Å². The number of aryl methyl sites for hydroxylation is 2. The first-order valence-corrected chi connectivity index (χ1v) is 11.4. The third kappa shape index (κ3) is 5.81. The van der Waals surface area contributed by atoms with Gasteiger partial charge in [0, 0.05) is 21.3 Å². The second kappa shape index (κ2) is 10.5. The first-order valence-electron chi connectivity index (χ1n) is 10.5. The van der Waals surface area contributed by atoms with Crippen molar-refractivity contribution in [1.82, 2.24) is 9.97 Å². The molecule has 7 heteroatoms. The minimum Gasteiger partial charge on any atom is -0.419 e. The van der Waals surface area contributed by atoms with Crippen molar-refractivity contribution in [2.45, 2.75) is 44.3 Å². The van der Waals surface area contributed by atoms with E-state index in [2.05, 4.69) is 42.9 Å². The molecule has 0 aliphatic carbocycles. The fourth-order valence-electron chi connectivity index (χ4n) is 3.20. The maximum atomic E-state index is 8.39. The summed E-state index contributed by atoms with van der Waals surface area (Å²) in [6.07, 6.45) is 2.49. The van der Waals surface area contributed by atoms with Gasteiger partial charge in [-0.1, -0.05) is 32.0 Å². The molecule has 1 aromatic heterocycles. The lowest BCUT2D eigenvalue weighted by molar-refractivity contribution is 0.534. The highest BCUT2D eigenvalue weighted by Crippen LogP contribution is 2.29. The van der Waals surface area contributed by atoms with E-state index in [4.69, 9.17) is 21.3 Å². The standard InChI is InChI=1S/C25H29N5OS/c1-15(2)32-22-10-9-20(13-16(22)3)21-14-29-17(4)23(30-21)25(28)31-24(27)19-7-5-18(6-8-19)11-12-26/h5-10,13-15,27-28H,11-12,26H2,1-4H3. The Hall–Kier alpha value is -3.03. The summed E-state index contributed by atoms with van der Waals surface area (Å²) in [6.45, 7) is 8.79. The van der Waals surface area contributed by atoms with Crippen LogP contribution in [0.5, 0.6) is 0 Å². The van der Waals surface area contributed by atoms with Crippen molar-refractivity contribution in [3.8, 4) is 11.3 Å². The highest BCUT2D eigenvalue weighted by Gasteiger charge is 2.16. The smallest absolute Gasteiger partial charge is 0.241 e. The second-order valence-electron chi connectivity index (χ2n) is 7.83. The van der Waals surface area contributed by atoms with Gasteiger partial charge < -0.3 is 10.5 Å². The van der Waals surface area contributed by atoms with E-state index in [1.54, 1.807) is 25.3 Å². The predicted molar refractivity (Wildman–Crippen MR) is 132 cm³/mol. The number of aromatic nitrogens is 2. The fraction of sp³-hybridized carbons (Fsp3) is 0.280. The van der Waals surface area contributed by atoms with Crippen molar-refractivity contribution in [2.75, 3.05) is 6.54 Å². The number of hydrogen-bond acceptors (Lipinski definition) is 7. The molecule has 2 aromatic carbocycles. The maximum absolute atomic E-state index is 8.39. The number of benzene rings is 2. The molecule has 4 N–H and O–H groups in total. The average Bonchev–Trinajstić information content (AvgIpc) is 2.76. The Labute approximate surface area is 193 Å². The van der Waals surface area contributed by atoms with Crippen molar-refractivity contribution in [3.05, 3.63) is 76.7 Å². The number of thioether (sulfide) groups is 1. The van der Waals surface area contributed by atoms with Crippen LogP contribution in [0, 0.1) is 24.7 Å². The Morgan fingerprint density at radius 3 is 2.41 bits per heavy atom. The van der Waals surface area contributed by atoms with E-state index in [1.165, 1.54) is 10.5 Å². The third-order valence-corrected chi connectivity index (χ3v) is 6.04. The van der Waals surface area contributed by atoms with Crippen LogP contribution >= 0.6 is 11.8 Å². The lowest BCUT2D eigenvalue weighted by Crippen LogP contribution is -2.16. The first kappa shape index (κ1) is 23.6. The number of rotatable bonds is 7. The molecule has 6 nitrogen and oxygen atoms in total. The van der Waals surface area contributed by atoms with Crippen LogP contribution in [-0.2, 0) is 11.2 Å². The Morgan fingerprint density at radius 2 is 1.78 bits per heavy atom. The van der Waals surface area contributed by atoms with Gasteiger partial charge in [0.1, 0.15) is 5.69 Å². The zero-order chi connectivity index (χ0) is 23.3. The van der Waals surface area contributed by atoms with E-state index in [9.17, 15) is 0 Å². The quantitative estimate of drug-likeness (QED) is 0.264. The van der Waals surface area contributed by atoms with Crippen molar-refractivity contribution < 1.29 is 4.74 Å². The van der Waals surface area contributed by atoms with Crippen LogP contribution in [-0.4, -0.2) is 33.6 Å². The van der Waals surface area contributed by atoms with Crippen LogP contribution in [0.3, 0.4) is 0 Å². The molecule has 0 spiro atoms. The first-order chi connectivity index (χ1) is 15.3. The van der Waals surface area contributed by atoms with Gasteiger partial charge in [0.2, 0.25) is 11.8 Å². The normalized spacial score (nSPS) is 10.9. The van der Waals surface area contributed by atoms with Gasteiger partial charge in [-0.3, -0.25) is 15.8 Å². The van der Waals surface area contributed by atoms with E-state index in [-0.39, 0.29) is 11.8 Å². The molecule has 3 rings (SSSR count). The molecule has 0 fully saturated rings. The SMILES string of the molecule is Cc1cc(-c2cnc(C)c(C(=N)OC(=N)c3ccc(CCN)cc3)n2)ccc1SC(C)C. The van der Waals surface area contributed by atoms with Gasteiger partial charge in [0.05, 0.1) is 17.6 Å². The highest BCUT2D eigenvalue weighted by atomic mass is 32.2. The Bertz CT molecular complexity index is 1130. The van der Waals surface area contributed by atoms with Gasteiger partial charge in [0.25, 0.3) is 0 Å².